The summed E-state index contributed by atoms with van der Waals surface area (Å²) in [5, 5.41) is 9.45. The number of hydrogen-bond donors (Lipinski definition) is 0. The van der Waals surface area contributed by atoms with E-state index < -0.39 is 18.5 Å². The van der Waals surface area contributed by atoms with Gasteiger partial charge in [0.1, 0.15) is 10.7 Å². The van der Waals surface area contributed by atoms with Crippen LogP contribution in [0, 0.1) is 24.1 Å². The summed E-state index contributed by atoms with van der Waals surface area (Å²) in [6.07, 6.45) is 0.162. The number of fused-ring (bicyclic) bond motifs is 1. The summed E-state index contributed by atoms with van der Waals surface area (Å²) in [4.78, 5) is 26.6. The number of aryl methyl sites for hydroxylation is 1. The Morgan fingerprint density at radius 2 is 1.93 bits per heavy atom. The molecule has 3 rings (SSSR count). The predicted molar refractivity (Wildman–Crippen MR) is 106 cm³/mol. The second kappa shape index (κ2) is 8.63. The van der Waals surface area contributed by atoms with Gasteiger partial charge in [0.15, 0.2) is 6.61 Å². The summed E-state index contributed by atoms with van der Waals surface area (Å²) in [6, 6.07) is 15.1. The molecule has 7 heteroatoms. The Labute approximate surface area is 165 Å². The number of benzene rings is 2. The molecule has 3 aromatic rings. The molecule has 0 radical (unpaired) electrons. The minimum Gasteiger partial charge on any atom is -0.451 e. The summed E-state index contributed by atoms with van der Waals surface area (Å²) in [5.41, 5.74) is 1.68. The van der Waals surface area contributed by atoms with Crippen molar-refractivity contribution < 1.29 is 18.7 Å². The first-order valence-corrected chi connectivity index (χ1v) is 9.40. The molecule has 1 amide bonds. The van der Waals surface area contributed by atoms with Crippen LogP contribution in [0.15, 0.2) is 48.5 Å². The molecule has 0 spiro atoms. The van der Waals surface area contributed by atoms with E-state index >= 15 is 0 Å². The molecule has 0 aliphatic heterocycles. The van der Waals surface area contributed by atoms with Crippen LogP contribution in [-0.2, 0) is 9.53 Å². The highest BCUT2D eigenvalue weighted by Crippen LogP contribution is 2.27. The molecule has 0 saturated heterocycles. The quantitative estimate of drug-likeness (QED) is 0.577. The molecule has 28 heavy (non-hydrogen) atoms. The molecule has 0 aliphatic rings. The molecule has 142 valence electrons. The molecule has 2 aromatic carbocycles. The zero-order chi connectivity index (χ0) is 20.1. The summed E-state index contributed by atoms with van der Waals surface area (Å²) in [6.45, 7) is 1.70. The van der Waals surface area contributed by atoms with Crippen molar-refractivity contribution in [3.8, 4) is 6.07 Å². The number of ether oxygens (including phenoxy) is 1. The lowest BCUT2D eigenvalue weighted by Crippen LogP contribution is -2.35. The van der Waals surface area contributed by atoms with Gasteiger partial charge in [0.05, 0.1) is 12.5 Å². The number of hydrogen-bond acceptors (Lipinski definition) is 5. The number of amides is 1. The monoisotopic (exact) mass is 396 g/mol. The molecule has 1 heterocycles. The van der Waals surface area contributed by atoms with E-state index in [4.69, 9.17) is 10.00 Å². The van der Waals surface area contributed by atoms with Crippen molar-refractivity contribution in [3.63, 3.8) is 0 Å². The average Bonchev–Trinajstić information content (AvgIpc) is 3.11. The fourth-order valence-corrected chi connectivity index (χ4v) is 3.61. The number of nitriles is 1. The molecule has 5 nitrogen and oxygen atoms in total. The van der Waals surface area contributed by atoms with Crippen molar-refractivity contribution in [3.05, 3.63) is 64.8 Å². The van der Waals surface area contributed by atoms with Crippen molar-refractivity contribution in [2.75, 3.05) is 18.1 Å². The van der Waals surface area contributed by atoms with Gasteiger partial charge in [-0.25, -0.2) is 9.18 Å². The first-order chi connectivity index (χ1) is 13.5. The first-order valence-electron chi connectivity index (χ1n) is 8.58. The van der Waals surface area contributed by atoms with Crippen LogP contribution < -0.4 is 4.90 Å². The van der Waals surface area contributed by atoms with Crippen molar-refractivity contribution in [2.24, 2.45) is 0 Å². The van der Waals surface area contributed by atoms with Gasteiger partial charge in [-0.1, -0.05) is 17.7 Å². The maximum absolute atomic E-state index is 13.3. The van der Waals surface area contributed by atoms with E-state index in [-0.39, 0.29) is 18.8 Å². The topological polar surface area (TPSA) is 70.4 Å². The van der Waals surface area contributed by atoms with Crippen molar-refractivity contribution in [2.45, 2.75) is 13.3 Å². The Morgan fingerprint density at radius 3 is 2.64 bits per heavy atom. The molecule has 0 atom stereocenters. The van der Waals surface area contributed by atoms with Gasteiger partial charge < -0.3 is 9.64 Å². The molecule has 0 bridgehead atoms. The number of carbonyl (C=O) groups is 2. The van der Waals surface area contributed by atoms with Crippen LogP contribution in [0.25, 0.3) is 10.1 Å². The summed E-state index contributed by atoms with van der Waals surface area (Å²) in [5.74, 6) is -1.44. The smallest absolute Gasteiger partial charge is 0.348 e. The number of anilines is 1. The van der Waals surface area contributed by atoms with E-state index in [1.807, 2.05) is 25.1 Å². The largest absolute Gasteiger partial charge is 0.451 e. The lowest BCUT2D eigenvalue weighted by atomic mass is 10.2. The molecular weight excluding hydrogens is 379 g/mol. The van der Waals surface area contributed by atoms with Gasteiger partial charge in [0.2, 0.25) is 0 Å². The van der Waals surface area contributed by atoms with Gasteiger partial charge in [-0.3, -0.25) is 4.79 Å². The molecule has 0 aliphatic carbocycles. The van der Waals surface area contributed by atoms with Crippen molar-refractivity contribution in [1.82, 2.24) is 0 Å². The molecule has 0 saturated carbocycles. The van der Waals surface area contributed by atoms with Gasteiger partial charge in [-0.15, -0.1) is 11.3 Å². The Bertz CT molecular complexity index is 1050. The van der Waals surface area contributed by atoms with Crippen LogP contribution >= 0.6 is 11.3 Å². The third kappa shape index (κ3) is 4.53. The predicted octanol–water partition coefficient (Wildman–Crippen LogP) is 4.45. The Balaban J connectivity index is 1.69. The lowest BCUT2D eigenvalue weighted by Gasteiger charge is -2.21. The highest BCUT2D eigenvalue weighted by molar-refractivity contribution is 7.20. The van der Waals surface area contributed by atoms with Gasteiger partial charge in [0.25, 0.3) is 5.91 Å². The number of nitrogens with zero attached hydrogens (tertiary/aromatic N) is 2. The van der Waals surface area contributed by atoms with Crippen molar-refractivity contribution in [1.29, 1.82) is 5.26 Å². The van der Waals surface area contributed by atoms with E-state index in [1.54, 1.807) is 24.3 Å². The van der Waals surface area contributed by atoms with Gasteiger partial charge in [0, 0.05) is 16.9 Å². The first kappa shape index (κ1) is 19.5. The second-order valence-electron chi connectivity index (χ2n) is 6.16. The number of esters is 1. The minimum atomic E-state index is -0.640. The van der Waals surface area contributed by atoms with Gasteiger partial charge >= 0.3 is 5.97 Å². The molecular formula is C21H17FN2O3S. The fraction of sp³-hybridized carbons (Fsp3) is 0.190. The standard InChI is InChI=1S/C21H17FN2O3S/c1-14-3-6-17(7-4-14)24(10-2-9-23)20(25)13-27-21(26)19-12-15-11-16(22)5-8-18(15)28-19/h3-8,11-12H,2,10,13H2,1H3. The second-order valence-corrected chi connectivity index (χ2v) is 7.24. The number of halogens is 1. The van der Waals surface area contributed by atoms with Crippen LogP contribution in [0.2, 0.25) is 0 Å². The zero-order valence-corrected chi connectivity index (χ0v) is 16.0. The van der Waals surface area contributed by atoms with Crippen molar-refractivity contribution >= 4 is 39.0 Å². The fourth-order valence-electron chi connectivity index (χ4n) is 2.68. The Morgan fingerprint density at radius 1 is 1.18 bits per heavy atom. The SMILES string of the molecule is Cc1ccc(N(CCC#N)C(=O)COC(=O)c2cc3cc(F)ccc3s2)cc1. The normalized spacial score (nSPS) is 10.5. The maximum Gasteiger partial charge on any atom is 0.348 e. The summed E-state index contributed by atoms with van der Waals surface area (Å²) >= 11 is 1.18. The third-order valence-electron chi connectivity index (χ3n) is 4.10. The zero-order valence-electron chi connectivity index (χ0n) is 15.1. The summed E-state index contributed by atoms with van der Waals surface area (Å²) in [7, 11) is 0. The molecule has 1 aromatic heterocycles. The van der Waals surface area contributed by atoms with E-state index in [2.05, 4.69) is 0 Å². The number of thiophene rings is 1. The molecule has 0 fully saturated rings. The molecule has 0 N–H and O–H groups in total. The van der Waals surface area contributed by atoms with Crippen LogP contribution in [0.4, 0.5) is 10.1 Å². The average molecular weight is 396 g/mol. The molecule has 0 unspecified atom stereocenters. The maximum atomic E-state index is 13.3. The van der Waals surface area contributed by atoms with E-state index in [0.717, 1.165) is 10.3 Å². The Kier molecular flexibility index (Phi) is 6.02. The lowest BCUT2D eigenvalue weighted by molar-refractivity contribution is -0.121. The third-order valence-corrected chi connectivity index (χ3v) is 5.20. The highest BCUT2D eigenvalue weighted by Gasteiger charge is 2.19. The van der Waals surface area contributed by atoms with E-state index in [9.17, 15) is 14.0 Å². The van der Waals surface area contributed by atoms with Crippen LogP contribution in [0.3, 0.4) is 0 Å². The number of rotatable bonds is 6. The van der Waals surface area contributed by atoms with Crippen LogP contribution in [0.5, 0.6) is 0 Å². The van der Waals surface area contributed by atoms with Gasteiger partial charge in [-0.05, 0) is 48.7 Å². The van der Waals surface area contributed by atoms with E-state index in [0.29, 0.717) is 16.0 Å². The van der Waals surface area contributed by atoms with E-state index in [1.165, 1.54) is 28.4 Å². The summed E-state index contributed by atoms with van der Waals surface area (Å²) < 4.78 is 19.2. The minimum absolute atomic E-state index is 0.162. The highest BCUT2D eigenvalue weighted by atomic mass is 32.1. The van der Waals surface area contributed by atoms with Gasteiger partial charge in [-0.2, -0.15) is 5.26 Å². The van der Waals surface area contributed by atoms with Crippen LogP contribution in [0.1, 0.15) is 21.7 Å². The van der Waals surface area contributed by atoms with Crippen LogP contribution in [-0.4, -0.2) is 25.0 Å². The Hall–Kier alpha value is -3.24. The number of carbonyl (C=O) groups excluding carboxylic acids is 2.